The molecule has 1 heterocycles. The van der Waals surface area contributed by atoms with E-state index in [1.807, 2.05) is 0 Å². The molecular formula is C12H18N2. The van der Waals surface area contributed by atoms with Gasteiger partial charge in [-0.05, 0) is 51.0 Å². The number of hydrogen-bond acceptors (Lipinski definition) is 1. The largest absolute Gasteiger partial charge is 0.266 e. The maximum absolute atomic E-state index is 4.63. The highest BCUT2D eigenvalue weighted by atomic mass is 15.3. The Morgan fingerprint density at radius 1 is 1.29 bits per heavy atom. The van der Waals surface area contributed by atoms with E-state index in [1.54, 1.807) is 0 Å². The Morgan fingerprint density at radius 2 is 2.14 bits per heavy atom. The van der Waals surface area contributed by atoms with Crippen LogP contribution in [0.4, 0.5) is 0 Å². The molecule has 2 bridgehead atoms. The molecule has 2 fully saturated rings. The number of rotatable bonds is 1. The summed E-state index contributed by atoms with van der Waals surface area (Å²) in [5, 5.41) is 4.63. The van der Waals surface area contributed by atoms with Gasteiger partial charge in [-0.15, -0.1) is 0 Å². The quantitative estimate of drug-likeness (QED) is 0.666. The highest BCUT2D eigenvalue weighted by Crippen LogP contribution is 2.50. The topological polar surface area (TPSA) is 17.8 Å². The predicted octanol–water partition coefficient (Wildman–Crippen LogP) is 2.86. The van der Waals surface area contributed by atoms with E-state index in [0.29, 0.717) is 0 Å². The molecule has 3 unspecified atom stereocenters. The molecule has 2 nitrogen and oxygen atoms in total. The third-order valence-corrected chi connectivity index (χ3v) is 4.06. The normalized spacial score (nSPS) is 35.4. The Labute approximate surface area is 85.3 Å². The molecule has 0 radical (unpaired) electrons. The first kappa shape index (κ1) is 8.51. The van der Waals surface area contributed by atoms with Crippen LogP contribution in [0.1, 0.15) is 43.1 Å². The molecule has 3 rings (SSSR count). The molecule has 0 aliphatic heterocycles. The van der Waals surface area contributed by atoms with Gasteiger partial charge in [-0.3, -0.25) is 4.68 Å². The highest BCUT2D eigenvalue weighted by Gasteiger charge is 2.41. The van der Waals surface area contributed by atoms with E-state index in [4.69, 9.17) is 0 Å². The van der Waals surface area contributed by atoms with Crippen LogP contribution in [0.3, 0.4) is 0 Å². The van der Waals surface area contributed by atoms with Crippen LogP contribution >= 0.6 is 0 Å². The number of fused-ring (bicyclic) bond motifs is 2. The summed E-state index contributed by atoms with van der Waals surface area (Å²) in [7, 11) is 0. The standard InChI is InChI=1S/C12H18N2/c1-8-5-9(2)14(13-8)12-7-10-3-4-11(12)6-10/h5,10-12H,3-4,6-7H2,1-2H3. The van der Waals surface area contributed by atoms with Crippen LogP contribution < -0.4 is 0 Å². The number of aromatic nitrogens is 2. The maximum Gasteiger partial charge on any atom is 0.0596 e. The lowest BCUT2D eigenvalue weighted by atomic mass is 9.95. The first-order valence-corrected chi connectivity index (χ1v) is 5.77. The second kappa shape index (κ2) is 2.85. The van der Waals surface area contributed by atoms with Gasteiger partial charge in [0.25, 0.3) is 0 Å². The smallest absolute Gasteiger partial charge is 0.0596 e. The summed E-state index contributed by atoms with van der Waals surface area (Å²) in [6.45, 7) is 4.28. The second-order valence-electron chi connectivity index (χ2n) is 5.11. The molecule has 14 heavy (non-hydrogen) atoms. The van der Waals surface area contributed by atoms with Crippen molar-refractivity contribution < 1.29 is 0 Å². The Balaban J connectivity index is 1.92. The summed E-state index contributed by atoms with van der Waals surface area (Å²) in [5.41, 5.74) is 2.52. The van der Waals surface area contributed by atoms with Gasteiger partial charge < -0.3 is 0 Å². The van der Waals surface area contributed by atoms with Crippen LogP contribution in [-0.2, 0) is 0 Å². The zero-order valence-corrected chi connectivity index (χ0v) is 9.03. The van der Waals surface area contributed by atoms with Gasteiger partial charge in [0.05, 0.1) is 11.7 Å². The molecule has 0 amide bonds. The Morgan fingerprint density at radius 3 is 2.64 bits per heavy atom. The fourth-order valence-corrected chi connectivity index (χ4v) is 3.49. The van der Waals surface area contributed by atoms with Crippen molar-refractivity contribution in [1.82, 2.24) is 9.78 Å². The minimum absolute atomic E-state index is 0.724. The zero-order chi connectivity index (χ0) is 9.71. The van der Waals surface area contributed by atoms with Crippen molar-refractivity contribution in [1.29, 1.82) is 0 Å². The maximum atomic E-state index is 4.63. The summed E-state index contributed by atoms with van der Waals surface area (Å²) in [4.78, 5) is 0. The second-order valence-corrected chi connectivity index (χ2v) is 5.11. The Bertz CT molecular complexity index is 353. The van der Waals surface area contributed by atoms with Gasteiger partial charge in [-0.1, -0.05) is 6.42 Å². The summed E-state index contributed by atoms with van der Waals surface area (Å²) in [5.74, 6) is 1.94. The molecule has 0 N–H and O–H groups in total. The zero-order valence-electron chi connectivity index (χ0n) is 9.03. The Hall–Kier alpha value is -0.790. The molecule has 2 aliphatic carbocycles. The van der Waals surface area contributed by atoms with E-state index in [0.717, 1.165) is 17.9 Å². The van der Waals surface area contributed by atoms with E-state index in [1.165, 1.54) is 37.1 Å². The summed E-state index contributed by atoms with van der Waals surface area (Å²) >= 11 is 0. The monoisotopic (exact) mass is 190 g/mol. The van der Waals surface area contributed by atoms with Crippen molar-refractivity contribution in [2.24, 2.45) is 11.8 Å². The summed E-state index contributed by atoms with van der Waals surface area (Å²) in [6, 6.07) is 2.92. The fourth-order valence-electron chi connectivity index (χ4n) is 3.49. The molecule has 0 saturated heterocycles. The van der Waals surface area contributed by atoms with E-state index in [2.05, 4.69) is 29.7 Å². The van der Waals surface area contributed by atoms with E-state index in [-0.39, 0.29) is 0 Å². The average Bonchev–Trinajstić information content (AvgIpc) is 2.79. The van der Waals surface area contributed by atoms with Crippen LogP contribution in [0.15, 0.2) is 6.07 Å². The van der Waals surface area contributed by atoms with Gasteiger partial charge in [-0.2, -0.15) is 5.10 Å². The third-order valence-electron chi connectivity index (χ3n) is 4.06. The summed E-state index contributed by atoms with van der Waals surface area (Å²) < 4.78 is 2.29. The average molecular weight is 190 g/mol. The van der Waals surface area contributed by atoms with Crippen LogP contribution in [0.5, 0.6) is 0 Å². The number of hydrogen-bond donors (Lipinski definition) is 0. The molecule has 2 saturated carbocycles. The highest BCUT2D eigenvalue weighted by molar-refractivity contribution is 5.09. The molecular weight excluding hydrogens is 172 g/mol. The van der Waals surface area contributed by atoms with Crippen molar-refractivity contribution in [2.75, 3.05) is 0 Å². The molecule has 2 aliphatic rings. The lowest BCUT2D eigenvalue weighted by Gasteiger charge is -2.23. The third kappa shape index (κ3) is 1.13. The van der Waals surface area contributed by atoms with Gasteiger partial charge in [0.15, 0.2) is 0 Å². The molecule has 1 aromatic heterocycles. The Kier molecular flexibility index (Phi) is 1.73. The van der Waals surface area contributed by atoms with E-state index >= 15 is 0 Å². The van der Waals surface area contributed by atoms with Crippen molar-refractivity contribution in [3.8, 4) is 0 Å². The predicted molar refractivity (Wildman–Crippen MR) is 56.2 cm³/mol. The number of aryl methyl sites for hydroxylation is 2. The van der Waals surface area contributed by atoms with Crippen molar-refractivity contribution in [3.63, 3.8) is 0 Å². The van der Waals surface area contributed by atoms with Crippen LogP contribution in [0, 0.1) is 25.7 Å². The van der Waals surface area contributed by atoms with Gasteiger partial charge in [0, 0.05) is 5.69 Å². The first-order valence-electron chi connectivity index (χ1n) is 5.77. The molecule has 0 aromatic carbocycles. The fraction of sp³-hybridized carbons (Fsp3) is 0.750. The minimum atomic E-state index is 0.724. The molecule has 3 atom stereocenters. The van der Waals surface area contributed by atoms with Gasteiger partial charge in [-0.25, -0.2) is 0 Å². The van der Waals surface area contributed by atoms with Crippen LogP contribution in [-0.4, -0.2) is 9.78 Å². The van der Waals surface area contributed by atoms with Crippen molar-refractivity contribution in [3.05, 3.63) is 17.5 Å². The van der Waals surface area contributed by atoms with E-state index < -0.39 is 0 Å². The molecule has 1 aromatic rings. The SMILES string of the molecule is Cc1cc(C)n(C2CC3CCC2C3)n1. The van der Waals surface area contributed by atoms with Gasteiger partial charge >= 0.3 is 0 Å². The van der Waals surface area contributed by atoms with Crippen molar-refractivity contribution >= 4 is 0 Å². The van der Waals surface area contributed by atoms with Crippen LogP contribution in [0.2, 0.25) is 0 Å². The number of nitrogens with zero attached hydrogens (tertiary/aromatic N) is 2. The van der Waals surface area contributed by atoms with E-state index in [9.17, 15) is 0 Å². The molecule has 2 heteroatoms. The van der Waals surface area contributed by atoms with Gasteiger partial charge in [0.2, 0.25) is 0 Å². The molecule has 0 spiro atoms. The van der Waals surface area contributed by atoms with Crippen molar-refractivity contribution in [2.45, 2.75) is 45.6 Å². The first-order chi connectivity index (χ1) is 6.74. The van der Waals surface area contributed by atoms with Crippen LogP contribution in [0.25, 0.3) is 0 Å². The van der Waals surface area contributed by atoms with Gasteiger partial charge in [0.1, 0.15) is 0 Å². The molecule has 76 valence electrons. The lowest BCUT2D eigenvalue weighted by molar-refractivity contribution is 0.301. The minimum Gasteiger partial charge on any atom is -0.266 e. The lowest BCUT2D eigenvalue weighted by Crippen LogP contribution is -2.18. The summed E-state index contributed by atoms with van der Waals surface area (Å²) in [6.07, 6.45) is 5.75.